The minimum absolute atomic E-state index is 0.0307. The van der Waals surface area contributed by atoms with Gasteiger partial charge in [0.15, 0.2) is 0 Å². The van der Waals surface area contributed by atoms with Crippen molar-refractivity contribution in [2.45, 2.75) is 13.0 Å². The molecule has 1 rings (SSSR count). The van der Waals surface area contributed by atoms with Gasteiger partial charge < -0.3 is 20.6 Å². The zero-order valence-electron chi connectivity index (χ0n) is 9.27. The number of aromatic carboxylic acids is 1. The van der Waals surface area contributed by atoms with Crippen LogP contribution in [0.2, 0.25) is 5.02 Å². The number of aryl methyl sites for hydroxylation is 1. The Morgan fingerprint density at radius 2 is 2.18 bits per heavy atom. The van der Waals surface area contributed by atoms with Crippen LogP contribution in [0.15, 0.2) is 12.1 Å². The topological polar surface area (TPSA) is 89.8 Å². The van der Waals surface area contributed by atoms with Gasteiger partial charge in [-0.25, -0.2) is 4.79 Å². The summed E-state index contributed by atoms with van der Waals surface area (Å²) in [6, 6.07) is 3.19. The lowest BCUT2D eigenvalue weighted by molar-refractivity contribution is 0.0697. The Labute approximate surface area is 104 Å². The number of hydrogen-bond acceptors (Lipinski definition) is 4. The van der Waals surface area contributed by atoms with Crippen molar-refractivity contribution >= 4 is 23.3 Å². The summed E-state index contributed by atoms with van der Waals surface area (Å²) in [5, 5.41) is 29.9. The standard InChI is InChI=1S/C11H14ClNO4/c1-6-2-3-8(12)9(11(16)17)10(6)13-4-7(15)5-14/h2-3,7,13-15H,4-5H2,1H3,(H,16,17). The molecule has 94 valence electrons. The summed E-state index contributed by atoms with van der Waals surface area (Å²) in [6.45, 7) is 1.39. The molecule has 4 N–H and O–H groups in total. The van der Waals surface area contributed by atoms with Crippen molar-refractivity contribution in [3.05, 3.63) is 28.3 Å². The lowest BCUT2D eigenvalue weighted by atomic mass is 10.1. The van der Waals surface area contributed by atoms with Crippen LogP contribution in [0.1, 0.15) is 15.9 Å². The second-order valence-corrected chi connectivity index (χ2v) is 4.04. The van der Waals surface area contributed by atoms with Crippen LogP contribution in [0, 0.1) is 6.92 Å². The molecular formula is C11H14ClNO4. The average Bonchev–Trinajstić information content (AvgIpc) is 2.28. The van der Waals surface area contributed by atoms with E-state index in [1.807, 2.05) is 0 Å². The van der Waals surface area contributed by atoms with E-state index in [1.54, 1.807) is 13.0 Å². The Kier molecular flexibility index (Phi) is 4.74. The van der Waals surface area contributed by atoms with E-state index in [0.29, 0.717) is 11.3 Å². The van der Waals surface area contributed by atoms with Gasteiger partial charge in [0.1, 0.15) is 5.56 Å². The highest BCUT2D eigenvalue weighted by atomic mass is 35.5. The maximum atomic E-state index is 11.1. The van der Waals surface area contributed by atoms with Crippen molar-refractivity contribution in [3.63, 3.8) is 0 Å². The van der Waals surface area contributed by atoms with Crippen molar-refractivity contribution in [1.29, 1.82) is 0 Å². The molecule has 5 nitrogen and oxygen atoms in total. The molecule has 0 saturated carbocycles. The van der Waals surface area contributed by atoms with Crippen LogP contribution in [-0.4, -0.2) is 40.5 Å². The summed E-state index contributed by atoms with van der Waals surface area (Å²) >= 11 is 5.81. The fraction of sp³-hybridized carbons (Fsp3) is 0.364. The van der Waals surface area contributed by atoms with E-state index < -0.39 is 18.7 Å². The van der Waals surface area contributed by atoms with Crippen LogP contribution < -0.4 is 5.32 Å². The molecule has 1 atom stereocenters. The molecule has 0 aliphatic carbocycles. The van der Waals surface area contributed by atoms with Gasteiger partial charge in [0.05, 0.1) is 23.4 Å². The van der Waals surface area contributed by atoms with Crippen LogP contribution in [0.25, 0.3) is 0 Å². The molecule has 0 fully saturated rings. The van der Waals surface area contributed by atoms with Gasteiger partial charge in [-0.2, -0.15) is 0 Å². The molecule has 0 radical (unpaired) electrons. The zero-order chi connectivity index (χ0) is 13.0. The molecule has 6 heteroatoms. The van der Waals surface area contributed by atoms with Gasteiger partial charge in [0.25, 0.3) is 0 Å². The first kappa shape index (κ1) is 13.8. The number of rotatable bonds is 5. The number of carbonyl (C=O) groups is 1. The van der Waals surface area contributed by atoms with Crippen LogP contribution in [-0.2, 0) is 0 Å². The van der Waals surface area contributed by atoms with Gasteiger partial charge >= 0.3 is 5.97 Å². The first-order valence-corrected chi connectivity index (χ1v) is 5.40. The third kappa shape index (κ3) is 3.33. The first-order valence-electron chi connectivity index (χ1n) is 5.02. The molecule has 0 aromatic heterocycles. The largest absolute Gasteiger partial charge is 0.478 e. The van der Waals surface area contributed by atoms with Crippen LogP contribution in [0.5, 0.6) is 0 Å². The van der Waals surface area contributed by atoms with Gasteiger partial charge in [-0.15, -0.1) is 0 Å². The predicted molar refractivity (Wildman–Crippen MR) is 64.7 cm³/mol. The monoisotopic (exact) mass is 259 g/mol. The normalized spacial score (nSPS) is 12.2. The summed E-state index contributed by atoms with van der Waals surface area (Å²) < 4.78 is 0. The summed E-state index contributed by atoms with van der Waals surface area (Å²) in [6.07, 6.45) is -0.949. The minimum atomic E-state index is -1.14. The van der Waals surface area contributed by atoms with Crippen LogP contribution >= 0.6 is 11.6 Å². The fourth-order valence-electron chi connectivity index (χ4n) is 1.40. The molecule has 1 aromatic carbocycles. The van der Waals surface area contributed by atoms with E-state index >= 15 is 0 Å². The molecular weight excluding hydrogens is 246 g/mol. The number of aliphatic hydroxyl groups is 2. The highest BCUT2D eigenvalue weighted by molar-refractivity contribution is 6.34. The fourth-order valence-corrected chi connectivity index (χ4v) is 1.64. The van der Waals surface area contributed by atoms with Crippen molar-refractivity contribution in [1.82, 2.24) is 0 Å². The van der Waals surface area contributed by atoms with Gasteiger partial charge in [-0.3, -0.25) is 0 Å². The molecule has 0 saturated heterocycles. The molecule has 17 heavy (non-hydrogen) atoms. The highest BCUT2D eigenvalue weighted by Crippen LogP contribution is 2.28. The third-order valence-corrected chi connectivity index (χ3v) is 2.62. The van der Waals surface area contributed by atoms with Gasteiger partial charge in [-0.05, 0) is 18.6 Å². The predicted octanol–water partition coefficient (Wildman–Crippen LogP) is 1.11. The lowest BCUT2D eigenvalue weighted by Gasteiger charge is -2.15. The van der Waals surface area contributed by atoms with Crippen molar-refractivity contribution in [3.8, 4) is 0 Å². The molecule has 0 aliphatic rings. The summed E-state index contributed by atoms with van der Waals surface area (Å²) in [7, 11) is 0. The molecule has 0 bridgehead atoms. The van der Waals surface area contributed by atoms with E-state index in [1.165, 1.54) is 6.07 Å². The molecule has 0 spiro atoms. The summed E-state index contributed by atoms with van der Waals surface area (Å²) in [4.78, 5) is 11.1. The molecule has 0 amide bonds. The number of carboxylic acids is 1. The Morgan fingerprint density at radius 3 is 2.71 bits per heavy atom. The van der Waals surface area contributed by atoms with E-state index in [9.17, 15) is 9.90 Å². The number of nitrogens with one attached hydrogen (secondary N) is 1. The second kappa shape index (κ2) is 5.86. The van der Waals surface area contributed by atoms with Crippen molar-refractivity contribution in [2.75, 3.05) is 18.5 Å². The average molecular weight is 260 g/mol. The Hall–Kier alpha value is -1.30. The summed E-state index contributed by atoms with van der Waals surface area (Å²) in [5.74, 6) is -1.14. The van der Waals surface area contributed by atoms with E-state index in [0.717, 1.165) is 0 Å². The minimum Gasteiger partial charge on any atom is -0.478 e. The Morgan fingerprint density at radius 1 is 1.53 bits per heavy atom. The van der Waals surface area contributed by atoms with Gasteiger partial charge in [0, 0.05) is 6.54 Å². The molecule has 0 aliphatic heterocycles. The number of benzene rings is 1. The highest BCUT2D eigenvalue weighted by Gasteiger charge is 2.17. The van der Waals surface area contributed by atoms with Crippen molar-refractivity contribution < 1.29 is 20.1 Å². The Bertz CT molecular complexity index is 422. The zero-order valence-corrected chi connectivity index (χ0v) is 10.0. The van der Waals surface area contributed by atoms with Crippen LogP contribution in [0.4, 0.5) is 5.69 Å². The number of carboxylic acid groups (broad SMARTS) is 1. The number of aliphatic hydroxyl groups excluding tert-OH is 2. The number of hydrogen-bond donors (Lipinski definition) is 4. The maximum Gasteiger partial charge on any atom is 0.339 e. The second-order valence-electron chi connectivity index (χ2n) is 3.64. The first-order chi connectivity index (χ1) is 7.97. The molecule has 0 heterocycles. The van der Waals surface area contributed by atoms with E-state index in [4.69, 9.17) is 21.8 Å². The number of halogens is 1. The maximum absolute atomic E-state index is 11.1. The van der Waals surface area contributed by atoms with Gasteiger partial charge in [-0.1, -0.05) is 17.7 Å². The lowest BCUT2D eigenvalue weighted by Crippen LogP contribution is -2.24. The number of anilines is 1. The molecule has 1 unspecified atom stereocenters. The SMILES string of the molecule is Cc1ccc(Cl)c(C(=O)O)c1NCC(O)CO. The van der Waals surface area contributed by atoms with Gasteiger partial charge in [0.2, 0.25) is 0 Å². The Balaban J connectivity index is 3.04. The molecule has 1 aromatic rings. The smallest absolute Gasteiger partial charge is 0.339 e. The quantitative estimate of drug-likeness (QED) is 0.636. The van der Waals surface area contributed by atoms with Crippen molar-refractivity contribution in [2.24, 2.45) is 0 Å². The van der Waals surface area contributed by atoms with E-state index in [-0.39, 0.29) is 17.1 Å². The third-order valence-electron chi connectivity index (χ3n) is 2.30. The van der Waals surface area contributed by atoms with Crippen LogP contribution in [0.3, 0.4) is 0 Å². The van der Waals surface area contributed by atoms with E-state index in [2.05, 4.69) is 5.32 Å². The summed E-state index contributed by atoms with van der Waals surface area (Å²) in [5.41, 5.74) is 1.03.